The summed E-state index contributed by atoms with van der Waals surface area (Å²) in [7, 11) is 1.54. The minimum Gasteiger partial charge on any atom is -0.504 e. The number of aliphatic hydroxyl groups excluding tert-OH is 2. The Kier molecular flexibility index (Phi) is 7.80. The molecule has 0 aliphatic carbocycles. The Morgan fingerprint density at radius 1 is 1.06 bits per heavy atom. The predicted molar refractivity (Wildman–Crippen MR) is 121 cm³/mol. The SMILES string of the molecule is CC.COc1ccc(-c2cc(=O)c3c(O)c(O)c(OC4CC(O)CC(CO)O4)cc3o2)cc1. The molecule has 2 aromatic carbocycles. The average Bonchev–Trinajstić information content (AvgIpc) is 2.82. The van der Waals surface area contributed by atoms with Crippen LogP contribution in [0.5, 0.6) is 23.0 Å². The fourth-order valence-electron chi connectivity index (χ4n) is 3.54. The fraction of sp³-hybridized carbons (Fsp3) is 0.375. The van der Waals surface area contributed by atoms with Gasteiger partial charge < -0.3 is 39.1 Å². The Morgan fingerprint density at radius 2 is 1.76 bits per heavy atom. The molecule has 0 radical (unpaired) electrons. The smallest absolute Gasteiger partial charge is 0.202 e. The van der Waals surface area contributed by atoms with E-state index in [1.54, 1.807) is 31.4 Å². The van der Waals surface area contributed by atoms with Gasteiger partial charge in [0.25, 0.3) is 0 Å². The first-order valence-electron chi connectivity index (χ1n) is 10.7. The molecule has 1 aliphatic heterocycles. The molecule has 3 aromatic rings. The van der Waals surface area contributed by atoms with E-state index in [2.05, 4.69) is 0 Å². The Morgan fingerprint density at radius 3 is 2.39 bits per heavy atom. The second-order valence-electron chi connectivity index (χ2n) is 7.26. The third kappa shape index (κ3) is 5.22. The summed E-state index contributed by atoms with van der Waals surface area (Å²) in [6.07, 6.45) is -1.99. The van der Waals surface area contributed by atoms with Crippen LogP contribution in [0.4, 0.5) is 0 Å². The monoisotopic (exact) mass is 460 g/mol. The first-order chi connectivity index (χ1) is 15.9. The van der Waals surface area contributed by atoms with Crippen molar-refractivity contribution in [3.05, 3.63) is 46.6 Å². The number of hydrogen-bond acceptors (Lipinski definition) is 9. The van der Waals surface area contributed by atoms with Gasteiger partial charge in [0.1, 0.15) is 22.5 Å². The van der Waals surface area contributed by atoms with Crippen LogP contribution in [-0.2, 0) is 4.74 Å². The second kappa shape index (κ2) is 10.6. The lowest BCUT2D eigenvalue weighted by atomic mass is 10.1. The molecule has 1 aromatic heterocycles. The molecule has 0 spiro atoms. The molecule has 3 unspecified atom stereocenters. The van der Waals surface area contributed by atoms with Crippen molar-refractivity contribution in [3.8, 4) is 34.3 Å². The minimum absolute atomic E-state index is 0.00122. The van der Waals surface area contributed by atoms with Crippen LogP contribution in [0.2, 0.25) is 0 Å². The van der Waals surface area contributed by atoms with Crippen LogP contribution in [0, 0.1) is 0 Å². The topological polar surface area (TPSA) is 139 Å². The number of benzene rings is 2. The maximum atomic E-state index is 12.6. The van der Waals surface area contributed by atoms with Gasteiger partial charge in [-0.15, -0.1) is 0 Å². The van der Waals surface area contributed by atoms with E-state index in [9.17, 15) is 25.2 Å². The number of fused-ring (bicyclic) bond motifs is 1. The zero-order valence-electron chi connectivity index (χ0n) is 18.6. The number of hydrogen-bond donors (Lipinski definition) is 4. The van der Waals surface area contributed by atoms with Gasteiger partial charge in [0.2, 0.25) is 12.0 Å². The van der Waals surface area contributed by atoms with E-state index in [4.69, 9.17) is 18.6 Å². The molecule has 9 heteroatoms. The van der Waals surface area contributed by atoms with Crippen molar-refractivity contribution in [1.82, 2.24) is 0 Å². The zero-order chi connectivity index (χ0) is 24.1. The normalized spacial score (nSPS) is 20.1. The van der Waals surface area contributed by atoms with E-state index in [-0.39, 0.29) is 41.9 Å². The highest BCUT2D eigenvalue weighted by Gasteiger charge is 2.30. The Labute approximate surface area is 190 Å². The molecule has 3 atom stereocenters. The molecule has 33 heavy (non-hydrogen) atoms. The Balaban J connectivity index is 0.00000149. The van der Waals surface area contributed by atoms with Gasteiger partial charge >= 0.3 is 0 Å². The Bertz CT molecular complexity index is 1140. The lowest BCUT2D eigenvalue weighted by molar-refractivity contribution is -0.185. The summed E-state index contributed by atoms with van der Waals surface area (Å²) in [5.74, 6) is -0.628. The maximum absolute atomic E-state index is 12.6. The van der Waals surface area contributed by atoms with Gasteiger partial charge in [-0.25, -0.2) is 0 Å². The van der Waals surface area contributed by atoms with Gasteiger partial charge in [-0.3, -0.25) is 4.79 Å². The van der Waals surface area contributed by atoms with Gasteiger partial charge in [-0.1, -0.05) is 13.8 Å². The molecule has 0 amide bonds. The number of aromatic hydroxyl groups is 2. The molecular formula is C24H28O9. The number of ether oxygens (including phenoxy) is 3. The lowest BCUT2D eigenvalue weighted by Crippen LogP contribution is -2.40. The third-order valence-corrected chi connectivity index (χ3v) is 5.11. The summed E-state index contributed by atoms with van der Waals surface area (Å²) in [6, 6.07) is 9.35. The highest BCUT2D eigenvalue weighted by atomic mass is 16.7. The van der Waals surface area contributed by atoms with Gasteiger partial charge in [0.15, 0.2) is 16.9 Å². The average molecular weight is 460 g/mol. The first kappa shape index (κ1) is 24.4. The number of phenolic OH excluding ortho intramolecular Hbond substituents is 2. The van der Waals surface area contributed by atoms with Gasteiger partial charge in [0, 0.05) is 30.5 Å². The summed E-state index contributed by atoms with van der Waals surface area (Å²) in [5.41, 5.74) is 0.0640. The maximum Gasteiger partial charge on any atom is 0.202 e. The van der Waals surface area contributed by atoms with Crippen molar-refractivity contribution in [3.63, 3.8) is 0 Å². The van der Waals surface area contributed by atoms with Gasteiger partial charge in [0.05, 0.1) is 25.9 Å². The molecule has 1 saturated heterocycles. The molecule has 4 rings (SSSR count). The molecule has 0 bridgehead atoms. The van der Waals surface area contributed by atoms with Crippen LogP contribution in [0.3, 0.4) is 0 Å². The molecular weight excluding hydrogens is 432 g/mol. The van der Waals surface area contributed by atoms with Crippen LogP contribution >= 0.6 is 0 Å². The minimum atomic E-state index is -0.972. The van der Waals surface area contributed by atoms with E-state index in [0.717, 1.165) is 0 Å². The fourth-order valence-corrected chi connectivity index (χ4v) is 3.54. The zero-order valence-corrected chi connectivity index (χ0v) is 18.6. The highest BCUT2D eigenvalue weighted by Crippen LogP contribution is 2.42. The van der Waals surface area contributed by atoms with Crippen LogP contribution < -0.4 is 14.9 Å². The van der Waals surface area contributed by atoms with Crippen molar-refractivity contribution in [2.45, 2.75) is 45.2 Å². The highest BCUT2D eigenvalue weighted by molar-refractivity contribution is 5.89. The van der Waals surface area contributed by atoms with Crippen molar-refractivity contribution in [2.75, 3.05) is 13.7 Å². The number of aliphatic hydroxyl groups is 2. The van der Waals surface area contributed by atoms with E-state index in [1.807, 2.05) is 13.8 Å². The van der Waals surface area contributed by atoms with Crippen molar-refractivity contribution < 1.29 is 39.1 Å². The molecule has 1 aliphatic rings. The summed E-state index contributed by atoms with van der Waals surface area (Å²) < 4.78 is 22.1. The van der Waals surface area contributed by atoms with Crippen molar-refractivity contribution >= 4 is 11.0 Å². The first-order valence-corrected chi connectivity index (χ1v) is 10.7. The van der Waals surface area contributed by atoms with E-state index >= 15 is 0 Å². The lowest BCUT2D eigenvalue weighted by Gasteiger charge is -2.32. The predicted octanol–water partition coefficient (Wildman–Crippen LogP) is 3.14. The third-order valence-electron chi connectivity index (χ3n) is 5.11. The quantitative estimate of drug-likeness (QED) is 0.423. The summed E-state index contributed by atoms with van der Waals surface area (Å²) >= 11 is 0. The molecule has 178 valence electrons. The summed E-state index contributed by atoms with van der Waals surface area (Å²) in [6.45, 7) is 3.70. The van der Waals surface area contributed by atoms with Gasteiger partial charge in [-0.2, -0.15) is 0 Å². The Hall–Kier alpha value is -3.27. The molecule has 0 saturated carbocycles. The number of methoxy groups -OCH3 is 1. The van der Waals surface area contributed by atoms with Crippen molar-refractivity contribution in [2.24, 2.45) is 0 Å². The van der Waals surface area contributed by atoms with Crippen LogP contribution in [0.15, 0.2) is 45.6 Å². The molecule has 2 heterocycles. The van der Waals surface area contributed by atoms with Crippen LogP contribution in [0.1, 0.15) is 26.7 Å². The van der Waals surface area contributed by atoms with E-state index < -0.39 is 35.4 Å². The number of phenols is 2. The van der Waals surface area contributed by atoms with Crippen molar-refractivity contribution in [1.29, 1.82) is 0 Å². The standard InChI is InChI=1S/C22H22O9.C2H6/c1-28-13-4-2-11(3-5-13)16-8-15(25)20-17(30-16)9-18(21(26)22(20)27)31-19-7-12(24)6-14(10-23)29-19;1-2/h2-5,8-9,12,14,19,23-24,26-27H,6-7,10H2,1H3;1-2H3. The second-order valence-corrected chi connectivity index (χ2v) is 7.26. The molecule has 1 fully saturated rings. The summed E-state index contributed by atoms with van der Waals surface area (Å²) in [4.78, 5) is 12.6. The summed E-state index contributed by atoms with van der Waals surface area (Å²) in [5, 5.41) is 39.8. The van der Waals surface area contributed by atoms with Crippen LogP contribution in [-0.4, -0.2) is 52.6 Å². The largest absolute Gasteiger partial charge is 0.504 e. The van der Waals surface area contributed by atoms with Crippen LogP contribution in [0.25, 0.3) is 22.3 Å². The number of rotatable bonds is 5. The molecule has 9 nitrogen and oxygen atoms in total. The van der Waals surface area contributed by atoms with E-state index in [1.165, 1.54) is 12.1 Å². The van der Waals surface area contributed by atoms with E-state index in [0.29, 0.717) is 11.3 Å². The van der Waals surface area contributed by atoms with Gasteiger partial charge in [-0.05, 0) is 24.3 Å². The molecule has 4 N–H and O–H groups in total.